The monoisotopic (exact) mass is 505 g/mol. The van der Waals surface area contributed by atoms with E-state index in [0.717, 1.165) is 17.8 Å². The lowest BCUT2D eigenvalue weighted by Gasteiger charge is -2.32. The number of rotatable bonds is 9. The molecule has 0 radical (unpaired) electrons. The van der Waals surface area contributed by atoms with Crippen molar-refractivity contribution < 1.29 is 13.3 Å². The first-order valence-electron chi connectivity index (χ1n) is 9.25. The molecule has 0 amide bonds. The van der Waals surface area contributed by atoms with Gasteiger partial charge >= 0.3 is 0 Å². The minimum atomic E-state index is -4.01. The van der Waals surface area contributed by atoms with Crippen LogP contribution in [0.4, 0.5) is 5.69 Å². The van der Waals surface area contributed by atoms with Crippen LogP contribution in [0.5, 0.6) is 0 Å². The van der Waals surface area contributed by atoms with Crippen LogP contribution in [0.25, 0.3) is 0 Å². The van der Waals surface area contributed by atoms with Gasteiger partial charge in [0.25, 0.3) is 5.69 Å². The third-order valence-corrected chi connectivity index (χ3v) is 7.74. The van der Waals surface area contributed by atoms with Gasteiger partial charge < -0.3 is 4.90 Å². The molecule has 2 aromatic rings. The van der Waals surface area contributed by atoms with Crippen LogP contribution in [0.3, 0.4) is 0 Å². The first kappa shape index (κ1) is 25.9. The van der Waals surface area contributed by atoms with E-state index in [9.17, 15) is 18.5 Å². The van der Waals surface area contributed by atoms with Crippen molar-refractivity contribution in [3.05, 3.63) is 56.6 Å². The second kappa shape index (κ2) is 10.1. The highest BCUT2D eigenvalue weighted by atomic mass is 35.5. The Morgan fingerprint density at radius 3 is 2.13 bits per heavy atom. The van der Waals surface area contributed by atoms with Gasteiger partial charge in [-0.05, 0) is 43.8 Å². The molecule has 11 heteroatoms. The molecular formula is C20H25Cl2N3O4S2. The molecule has 0 saturated carbocycles. The number of nitro groups is 1. The maximum absolute atomic E-state index is 13.4. The van der Waals surface area contributed by atoms with Gasteiger partial charge in [-0.25, -0.2) is 12.7 Å². The number of benzene rings is 2. The number of nitrogens with zero attached hydrogens (tertiary/aromatic N) is 3. The van der Waals surface area contributed by atoms with Crippen molar-refractivity contribution in [1.82, 2.24) is 9.21 Å². The Morgan fingerprint density at radius 2 is 1.61 bits per heavy atom. The fraction of sp³-hybridized carbons (Fsp3) is 0.400. The molecule has 0 unspecified atom stereocenters. The van der Waals surface area contributed by atoms with Gasteiger partial charge in [0.1, 0.15) is 4.90 Å². The molecule has 0 fully saturated rings. The zero-order valence-corrected chi connectivity index (χ0v) is 21.1. The van der Waals surface area contributed by atoms with Crippen molar-refractivity contribution in [2.75, 3.05) is 34.2 Å². The molecule has 0 N–H and O–H groups in total. The summed E-state index contributed by atoms with van der Waals surface area (Å²) in [6.07, 6.45) is 0. The summed E-state index contributed by atoms with van der Waals surface area (Å²) in [6, 6.07) is 8.69. The summed E-state index contributed by atoms with van der Waals surface area (Å²) >= 11 is 13.3. The molecular weight excluding hydrogens is 481 g/mol. The number of halogens is 2. The van der Waals surface area contributed by atoms with Crippen LogP contribution in [-0.4, -0.2) is 56.8 Å². The first-order valence-corrected chi connectivity index (χ1v) is 12.3. The summed E-state index contributed by atoms with van der Waals surface area (Å²) in [5.74, 6) is 0. The van der Waals surface area contributed by atoms with E-state index < -0.39 is 14.9 Å². The van der Waals surface area contributed by atoms with E-state index in [2.05, 4.69) is 0 Å². The average molecular weight is 506 g/mol. The Morgan fingerprint density at radius 1 is 1.03 bits per heavy atom. The summed E-state index contributed by atoms with van der Waals surface area (Å²) in [5.41, 5.74) is -0.632. The molecule has 7 nitrogen and oxygen atoms in total. The van der Waals surface area contributed by atoms with Gasteiger partial charge in [0.15, 0.2) is 0 Å². The Kier molecular flexibility index (Phi) is 8.40. The van der Waals surface area contributed by atoms with Crippen LogP contribution < -0.4 is 0 Å². The maximum atomic E-state index is 13.4. The Labute approximate surface area is 197 Å². The predicted molar refractivity (Wildman–Crippen MR) is 126 cm³/mol. The molecule has 0 aliphatic heterocycles. The van der Waals surface area contributed by atoms with Crippen LogP contribution in [0.15, 0.2) is 51.1 Å². The van der Waals surface area contributed by atoms with Crippen molar-refractivity contribution in [3.63, 3.8) is 0 Å². The predicted octanol–water partition coefficient (Wildman–Crippen LogP) is 5.26. The first-order chi connectivity index (χ1) is 14.2. The van der Waals surface area contributed by atoms with Gasteiger partial charge in [0.2, 0.25) is 10.0 Å². The van der Waals surface area contributed by atoms with Crippen molar-refractivity contribution in [2.45, 2.75) is 28.5 Å². The van der Waals surface area contributed by atoms with E-state index in [-0.39, 0.29) is 22.5 Å². The van der Waals surface area contributed by atoms with Crippen LogP contribution in [-0.2, 0) is 10.0 Å². The van der Waals surface area contributed by atoms with Gasteiger partial charge in [0.05, 0.1) is 4.92 Å². The highest BCUT2D eigenvalue weighted by Crippen LogP contribution is 2.38. The fourth-order valence-corrected chi connectivity index (χ4v) is 6.84. The molecule has 0 saturated heterocycles. The number of sulfonamides is 1. The van der Waals surface area contributed by atoms with Gasteiger partial charge in [-0.2, -0.15) is 0 Å². The minimum absolute atomic E-state index is 0.133. The third kappa shape index (κ3) is 7.06. The fourth-order valence-electron chi connectivity index (χ4n) is 3.37. The number of non-ortho nitro benzene ring substituents is 1. The molecule has 31 heavy (non-hydrogen) atoms. The van der Waals surface area contributed by atoms with E-state index in [1.807, 2.05) is 32.8 Å². The molecule has 0 bridgehead atoms. The largest absolute Gasteiger partial charge is 0.309 e. The number of nitro benzene ring substituents is 1. The van der Waals surface area contributed by atoms with Crippen LogP contribution in [0.1, 0.15) is 13.8 Å². The lowest BCUT2D eigenvalue weighted by molar-refractivity contribution is -0.385. The van der Waals surface area contributed by atoms with Gasteiger partial charge in [-0.15, -0.1) is 0 Å². The SMILES string of the molecule is CN(C)CC(C)(C)CN(C)S(=O)(=O)c1cc([N+](=O)[O-])ccc1Sc1cc(Cl)cc(Cl)c1. The molecule has 2 rings (SSSR count). The highest BCUT2D eigenvalue weighted by Gasteiger charge is 2.31. The van der Waals surface area contributed by atoms with Gasteiger partial charge in [-0.1, -0.05) is 48.8 Å². The van der Waals surface area contributed by atoms with Crippen molar-refractivity contribution in [1.29, 1.82) is 0 Å². The van der Waals surface area contributed by atoms with E-state index in [0.29, 0.717) is 26.4 Å². The molecule has 170 valence electrons. The summed E-state index contributed by atoms with van der Waals surface area (Å²) in [4.78, 5) is 13.5. The van der Waals surface area contributed by atoms with Crippen molar-refractivity contribution >= 4 is 50.7 Å². The van der Waals surface area contributed by atoms with Crippen molar-refractivity contribution in [3.8, 4) is 0 Å². The molecule has 0 aromatic heterocycles. The van der Waals surface area contributed by atoms with E-state index in [1.54, 1.807) is 18.2 Å². The van der Waals surface area contributed by atoms with Crippen LogP contribution in [0.2, 0.25) is 10.0 Å². The van der Waals surface area contributed by atoms with E-state index in [1.165, 1.54) is 23.5 Å². The lowest BCUT2D eigenvalue weighted by Crippen LogP contribution is -2.41. The number of hydrogen-bond acceptors (Lipinski definition) is 6. The quantitative estimate of drug-likeness (QED) is 0.341. The molecule has 0 spiro atoms. The standard InChI is InChI=1S/C20H25Cl2N3O4S2/c1-20(2,12-23(3)4)13-24(5)31(28,29)19-11-16(25(26)27)6-7-18(19)30-17-9-14(21)8-15(22)10-17/h6-11H,12-13H2,1-5H3. The topological polar surface area (TPSA) is 83.8 Å². The van der Waals surface area contributed by atoms with Crippen LogP contribution in [0, 0.1) is 15.5 Å². The summed E-state index contributed by atoms with van der Waals surface area (Å²) in [7, 11) is 1.31. The second-order valence-corrected chi connectivity index (χ2v) is 12.3. The molecule has 0 atom stereocenters. The lowest BCUT2D eigenvalue weighted by atomic mass is 9.93. The number of hydrogen-bond donors (Lipinski definition) is 0. The Balaban J connectivity index is 2.50. The zero-order valence-electron chi connectivity index (χ0n) is 17.9. The normalized spacial score (nSPS) is 12.5. The molecule has 0 aliphatic rings. The van der Waals surface area contributed by atoms with Crippen molar-refractivity contribution in [2.24, 2.45) is 5.41 Å². The van der Waals surface area contributed by atoms with Gasteiger partial charge in [0, 0.05) is 52.1 Å². The van der Waals surface area contributed by atoms with Crippen LogP contribution >= 0.6 is 35.0 Å². The third-order valence-electron chi connectivity index (χ3n) is 4.29. The zero-order chi connectivity index (χ0) is 23.6. The Bertz CT molecular complexity index is 1060. The average Bonchev–Trinajstić information content (AvgIpc) is 2.59. The molecule has 0 heterocycles. The van der Waals surface area contributed by atoms with Gasteiger partial charge in [-0.3, -0.25) is 10.1 Å². The summed E-state index contributed by atoms with van der Waals surface area (Å²) in [6.45, 7) is 4.85. The summed E-state index contributed by atoms with van der Waals surface area (Å²) in [5, 5.41) is 12.1. The maximum Gasteiger partial charge on any atom is 0.270 e. The highest BCUT2D eigenvalue weighted by molar-refractivity contribution is 8.00. The Hall–Kier alpha value is -1.36. The van der Waals surface area contributed by atoms with E-state index >= 15 is 0 Å². The molecule has 2 aromatic carbocycles. The smallest absolute Gasteiger partial charge is 0.270 e. The minimum Gasteiger partial charge on any atom is -0.309 e. The van der Waals surface area contributed by atoms with E-state index in [4.69, 9.17) is 23.2 Å². The second-order valence-electron chi connectivity index (χ2n) is 8.26. The molecule has 0 aliphatic carbocycles. The summed E-state index contributed by atoms with van der Waals surface area (Å²) < 4.78 is 28.1.